The molecule has 106 valence electrons. The number of rotatable bonds is 3. The Labute approximate surface area is 118 Å². The topological polar surface area (TPSA) is 60.6 Å². The van der Waals surface area contributed by atoms with Crippen molar-refractivity contribution in [1.82, 2.24) is 4.98 Å². The van der Waals surface area contributed by atoms with Crippen molar-refractivity contribution < 1.29 is 9.47 Å². The van der Waals surface area contributed by atoms with E-state index in [4.69, 9.17) is 15.2 Å². The number of aromatic nitrogens is 1. The summed E-state index contributed by atoms with van der Waals surface area (Å²) in [4.78, 5) is 6.80. The number of ether oxygens (including phenoxy) is 2. The third-order valence-corrected chi connectivity index (χ3v) is 3.72. The standard InChI is InChI=1S/C15H19N3O2/c1-19-13-3-2-11-4-5-17-15(14(11)8-13)18-6-7-20-10-12(18)9-16/h2-5,8,12H,6-7,9-10,16H2,1H3. The van der Waals surface area contributed by atoms with Gasteiger partial charge in [-0.05, 0) is 23.6 Å². The minimum absolute atomic E-state index is 0.174. The van der Waals surface area contributed by atoms with Gasteiger partial charge in [0.2, 0.25) is 0 Å². The van der Waals surface area contributed by atoms with Crippen molar-refractivity contribution in [3.8, 4) is 5.75 Å². The number of pyridine rings is 1. The van der Waals surface area contributed by atoms with Crippen molar-refractivity contribution >= 4 is 16.6 Å². The monoisotopic (exact) mass is 273 g/mol. The Morgan fingerprint density at radius 3 is 3.15 bits per heavy atom. The molecule has 2 aromatic rings. The van der Waals surface area contributed by atoms with Crippen molar-refractivity contribution in [2.75, 3.05) is 38.3 Å². The van der Waals surface area contributed by atoms with Crippen molar-refractivity contribution in [2.24, 2.45) is 5.73 Å². The van der Waals surface area contributed by atoms with Crippen molar-refractivity contribution in [2.45, 2.75) is 6.04 Å². The molecule has 1 aliphatic heterocycles. The van der Waals surface area contributed by atoms with Crippen LogP contribution in [0.1, 0.15) is 0 Å². The molecule has 0 radical (unpaired) electrons. The quantitative estimate of drug-likeness (QED) is 0.916. The van der Waals surface area contributed by atoms with Crippen LogP contribution >= 0.6 is 0 Å². The van der Waals surface area contributed by atoms with Gasteiger partial charge in [0.1, 0.15) is 11.6 Å². The van der Waals surface area contributed by atoms with Gasteiger partial charge in [-0.15, -0.1) is 0 Å². The lowest BCUT2D eigenvalue weighted by Crippen LogP contribution is -2.49. The number of fused-ring (bicyclic) bond motifs is 1. The van der Waals surface area contributed by atoms with Crippen LogP contribution in [0.5, 0.6) is 5.75 Å². The Bertz CT molecular complexity index is 603. The second-order valence-electron chi connectivity index (χ2n) is 4.88. The van der Waals surface area contributed by atoms with Gasteiger partial charge in [0.25, 0.3) is 0 Å². The summed E-state index contributed by atoms with van der Waals surface area (Å²) in [5.74, 6) is 1.80. The third kappa shape index (κ3) is 2.30. The van der Waals surface area contributed by atoms with Crippen LogP contribution in [0.15, 0.2) is 30.5 Å². The zero-order valence-corrected chi connectivity index (χ0v) is 11.6. The molecule has 1 aliphatic rings. The van der Waals surface area contributed by atoms with E-state index < -0.39 is 0 Å². The molecule has 1 unspecified atom stereocenters. The van der Waals surface area contributed by atoms with E-state index in [1.165, 1.54) is 0 Å². The molecule has 5 nitrogen and oxygen atoms in total. The summed E-state index contributed by atoms with van der Waals surface area (Å²) in [6.07, 6.45) is 1.84. The fourth-order valence-electron chi connectivity index (χ4n) is 2.62. The molecule has 0 bridgehead atoms. The molecule has 0 saturated carbocycles. The highest BCUT2D eigenvalue weighted by molar-refractivity contribution is 5.93. The second-order valence-corrected chi connectivity index (χ2v) is 4.88. The minimum atomic E-state index is 0.174. The average Bonchev–Trinajstić information content (AvgIpc) is 2.53. The molecule has 1 aromatic heterocycles. The highest BCUT2D eigenvalue weighted by Gasteiger charge is 2.24. The molecule has 3 rings (SSSR count). The maximum atomic E-state index is 5.86. The van der Waals surface area contributed by atoms with Gasteiger partial charge in [-0.3, -0.25) is 0 Å². The number of benzene rings is 1. The van der Waals surface area contributed by atoms with E-state index in [9.17, 15) is 0 Å². The Hall–Kier alpha value is -1.85. The van der Waals surface area contributed by atoms with Gasteiger partial charge >= 0.3 is 0 Å². The van der Waals surface area contributed by atoms with E-state index in [0.717, 1.165) is 28.9 Å². The smallest absolute Gasteiger partial charge is 0.136 e. The number of morpholine rings is 1. The molecule has 1 aromatic carbocycles. The molecule has 1 atom stereocenters. The van der Waals surface area contributed by atoms with Gasteiger partial charge in [0.15, 0.2) is 0 Å². The van der Waals surface area contributed by atoms with Crippen LogP contribution in [0.4, 0.5) is 5.82 Å². The van der Waals surface area contributed by atoms with Crippen LogP contribution in [-0.4, -0.2) is 44.4 Å². The first-order valence-electron chi connectivity index (χ1n) is 6.80. The molecule has 0 spiro atoms. The Morgan fingerprint density at radius 2 is 2.35 bits per heavy atom. The van der Waals surface area contributed by atoms with Crippen LogP contribution in [0, 0.1) is 0 Å². The van der Waals surface area contributed by atoms with E-state index in [1.54, 1.807) is 7.11 Å². The zero-order valence-electron chi connectivity index (χ0n) is 11.6. The number of anilines is 1. The minimum Gasteiger partial charge on any atom is -0.497 e. The SMILES string of the molecule is COc1ccc2ccnc(N3CCOCC3CN)c2c1. The molecule has 2 heterocycles. The predicted molar refractivity (Wildman–Crippen MR) is 79.3 cm³/mol. The number of hydrogen-bond acceptors (Lipinski definition) is 5. The van der Waals surface area contributed by atoms with Crippen LogP contribution in [0.2, 0.25) is 0 Å². The van der Waals surface area contributed by atoms with Gasteiger partial charge in [-0.2, -0.15) is 0 Å². The predicted octanol–water partition coefficient (Wildman–Crippen LogP) is 1.41. The summed E-state index contributed by atoms with van der Waals surface area (Å²) in [5.41, 5.74) is 5.86. The van der Waals surface area contributed by atoms with Gasteiger partial charge < -0.3 is 20.1 Å². The van der Waals surface area contributed by atoms with Crippen molar-refractivity contribution in [3.05, 3.63) is 30.5 Å². The van der Waals surface area contributed by atoms with E-state index in [1.807, 2.05) is 24.4 Å². The molecule has 1 saturated heterocycles. The first kappa shape index (κ1) is 13.1. The maximum Gasteiger partial charge on any atom is 0.136 e. The van der Waals surface area contributed by atoms with Gasteiger partial charge in [0.05, 0.1) is 26.4 Å². The Balaban J connectivity index is 2.09. The van der Waals surface area contributed by atoms with Crippen LogP contribution in [0.3, 0.4) is 0 Å². The lowest BCUT2D eigenvalue weighted by atomic mass is 10.1. The molecule has 1 fully saturated rings. The van der Waals surface area contributed by atoms with Gasteiger partial charge in [-0.1, -0.05) is 6.07 Å². The number of methoxy groups -OCH3 is 1. The van der Waals surface area contributed by atoms with Crippen LogP contribution in [0.25, 0.3) is 10.8 Å². The van der Waals surface area contributed by atoms with E-state index in [2.05, 4.69) is 16.0 Å². The fourth-order valence-corrected chi connectivity index (χ4v) is 2.62. The number of nitrogens with two attached hydrogens (primary N) is 1. The first-order chi connectivity index (χ1) is 9.83. The summed E-state index contributed by atoms with van der Waals surface area (Å²) in [6.45, 7) is 2.73. The van der Waals surface area contributed by atoms with Crippen LogP contribution in [-0.2, 0) is 4.74 Å². The molecule has 0 amide bonds. The van der Waals surface area contributed by atoms with E-state index in [-0.39, 0.29) is 6.04 Å². The normalized spacial score (nSPS) is 19.3. The van der Waals surface area contributed by atoms with Crippen LogP contribution < -0.4 is 15.4 Å². The van der Waals surface area contributed by atoms with Crippen molar-refractivity contribution in [1.29, 1.82) is 0 Å². The second kappa shape index (κ2) is 5.64. The third-order valence-electron chi connectivity index (χ3n) is 3.72. The summed E-state index contributed by atoms with van der Waals surface area (Å²) in [5, 5.41) is 2.24. The Kier molecular flexibility index (Phi) is 3.71. The van der Waals surface area contributed by atoms with E-state index in [0.29, 0.717) is 19.8 Å². The summed E-state index contributed by atoms with van der Waals surface area (Å²) in [7, 11) is 1.68. The maximum absolute atomic E-state index is 5.86. The molecule has 0 aliphatic carbocycles. The molecule has 2 N–H and O–H groups in total. The summed E-state index contributed by atoms with van der Waals surface area (Å²) < 4.78 is 10.8. The van der Waals surface area contributed by atoms with Crippen molar-refractivity contribution in [3.63, 3.8) is 0 Å². The average molecular weight is 273 g/mol. The Morgan fingerprint density at radius 1 is 1.45 bits per heavy atom. The van der Waals surface area contributed by atoms with E-state index >= 15 is 0 Å². The zero-order chi connectivity index (χ0) is 13.9. The first-order valence-corrected chi connectivity index (χ1v) is 6.80. The van der Waals surface area contributed by atoms with Gasteiger partial charge in [0, 0.05) is 24.7 Å². The highest BCUT2D eigenvalue weighted by Crippen LogP contribution is 2.29. The highest BCUT2D eigenvalue weighted by atomic mass is 16.5. The summed E-state index contributed by atoms with van der Waals surface area (Å²) >= 11 is 0. The molecular weight excluding hydrogens is 254 g/mol. The molecule has 5 heteroatoms. The molecule has 20 heavy (non-hydrogen) atoms. The fraction of sp³-hybridized carbons (Fsp3) is 0.400. The number of hydrogen-bond donors (Lipinski definition) is 1. The van der Waals surface area contributed by atoms with Gasteiger partial charge in [-0.25, -0.2) is 4.98 Å². The lowest BCUT2D eigenvalue weighted by Gasteiger charge is -2.36. The lowest BCUT2D eigenvalue weighted by molar-refractivity contribution is 0.0960. The number of nitrogens with zero attached hydrogens (tertiary/aromatic N) is 2. The molecular formula is C15H19N3O2. The summed E-state index contributed by atoms with van der Waals surface area (Å²) in [6, 6.07) is 8.23. The largest absolute Gasteiger partial charge is 0.497 e.